The molecule has 1 unspecified atom stereocenters. The Morgan fingerprint density at radius 2 is 2.20 bits per heavy atom. The smallest absolute Gasteiger partial charge is 0.333 e. The van der Waals surface area contributed by atoms with E-state index in [1.54, 1.807) is 18.7 Å². The Kier molecular flexibility index (Phi) is 4.27. The summed E-state index contributed by atoms with van der Waals surface area (Å²) in [6.45, 7) is 4.70. The molecule has 2 heterocycles. The molecule has 0 aliphatic carbocycles. The minimum absolute atomic E-state index is 0.124. The van der Waals surface area contributed by atoms with Crippen LogP contribution in [0.15, 0.2) is 0 Å². The Bertz CT molecular complexity index is 499. The van der Waals surface area contributed by atoms with Crippen LogP contribution in [0.3, 0.4) is 0 Å². The quantitative estimate of drug-likeness (QED) is 0.616. The average molecular weight is 281 g/mol. The number of likely N-dealkylation sites (tertiary alicyclic amines) is 1. The van der Waals surface area contributed by atoms with Crippen molar-refractivity contribution in [3.63, 3.8) is 0 Å². The van der Waals surface area contributed by atoms with Crippen LogP contribution in [0.25, 0.3) is 0 Å². The first-order valence-corrected chi connectivity index (χ1v) is 6.97. The molecule has 0 aromatic carbocycles. The van der Waals surface area contributed by atoms with Crippen molar-refractivity contribution >= 4 is 11.5 Å². The van der Waals surface area contributed by atoms with Crippen molar-refractivity contribution in [2.45, 2.75) is 19.8 Å². The fraction of sp³-hybridized carbons (Fsp3) is 0.769. The molecule has 1 fully saturated rings. The third-order valence-corrected chi connectivity index (χ3v) is 3.96. The molecule has 1 aliphatic heterocycles. The molecule has 7 heteroatoms. The van der Waals surface area contributed by atoms with E-state index in [1.165, 1.54) is 12.8 Å². The molecule has 20 heavy (non-hydrogen) atoms. The number of hydrogen-bond acceptors (Lipinski definition) is 5. The van der Waals surface area contributed by atoms with Crippen LogP contribution >= 0.6 is 0 Å². The minimum atomic E-state index is -0.332. The molecule has 1 aromatic rings. The summed E-state index contributed by atoms with van der Waals surface area (Å²) in [7, 11) is 5.81. The molecule has 1 atom stereocenters. The molecule has 7 nitrogen and oxygen atoms in total. The van der Waals surface area contributed by atoms with Crippen LogP contribution in [0.4, 0.5) is 11.5 Å². The number of rotatable bonds is 4. The fourth-order valence-corrected chi connectivity index (χ4v) is 3.17. The first kappa shape index (κ1) is 14.8. The van der Waals surface area contributed by atoms with E-state index in [9.17, 15) is 10.1 Å². The van der Waals surface area contributed by atoms with Crippen molar-refractivity contribution < 1.29 is 4.92 Å². The van der Waals surface area contributed by atoms with E-state index in [0.29, 0.717) is 17.4 Å². The molecule has 0 radical (unpaired) electrons. The highest BCUT2D eigenvalue weighted by Gasteiger charge is 2.28. The maximum atomic E-state index is 11.2. The van der Waals surface area contributed by atoms with E-state index in [1.807, 2.05) is 11.9 Å². The Labute approximate surface area is 119 Å². The van der Waals surface area contributed by atoms with Gasteiger partial charge in [-0.1, -0.05) is 0 Å². The second-order valence-corrected chi connectivity index (χ2v) is 5.79. The maximum Gasteiger partial charge on any atom is 0.333 e. The molecule has 0 amide bonds. The lowest BCUT2D eigenvalue weighted by Gasteiger charge is -2.32. The predicted molar refractivity (Wildman–Crippen MR) is 78.1 cm³/mol. The Morgan fingerprint density at radius 3 is 2.80 bits per heavy atom. The number of anilines is 1. The normalized spacial score (nSPS) is 20.1. The predicted octanol–water partition coefficient (Wildman–Crippen LogP) is 1.41. The monoisotopic (exact) mass is 281 g/mol. The molecular weight excluding hydrogens is 258 g/mol. The molecule has 2 rings (SSSR count). The maximum absolute atomic E-state index is 11.2. The lowest BCUT2D eigenvalue weighted by atomic mass is 9.98. The molecule has 1 saturated heterocycles. The van der Waals surface area contributed by atoms with Gasteiger partial charge in [0.1, 0.15) is 5.69 Å². The van der Waals surface area contributed by atoms with Crippen LogP contribution in [0.1, 0.15) is 18.5 Å². The molecule has 0 spiro atoms. The van der Waals surface area contributed by atoms with Gasteiger partial charge in [-0.05, 0) is 39.3 Å². The van der Waals surface area contributed by atoms with Crippen molar-refractivity contribution in [1.29, 1.82) is 0 Å². The summed E-state index contributed by atoms with van der Waals surface area (Å²) in [5, 5.41) is 15.4. The zero-order valence-electron chi connectivity index (χ0n) is 12.7. The van der Waals surface area contributed by atoms with Gasteiger partial charge in [-0.2, -0.15) is 5.10 Å². The fourth-order valence-electron chi connectivity index (χ4n) is 3.17. The van der Waals surface area contributed by atoms with Crippen LogP contribution in [-0.2, 0) is 7.05 Å². The van der Waals surface area contributed by atoms with E-state index in [0.717, 1.165) is 19.6 Å². The van der Waals surface area contributed by atoms with Gasteiger partial charge in [0, 0.05) is 27.2 Å². The van der Waals surface area contributed by atoms with Crippen LogP contribution in [-0.4, -0.2) is 53.3 Å². The van der Waals surface area contributed by atoms with Crippen molar-refractivity contribution in [1.82, 2.24) is 14.7 Å². The molecule has 0 N–H and O–H groups in total. The number of aromatic nitrogens is 2. The molecule has 1 aliphatic rings. The number of hydrogen-bond donors (Lipinski definition) is 0. The Morgan fingerprint density at radius 1 is 1.50 bits per heavy atom. The highest BCUT2D eigenvalue weighted by Crippen LogP contribution is 2.31. The van der Waals surface area contributed by atoms with Crippen molar-refractivity contribution in [3.8, 4) is 0 Å². The molecular formula is C13H23N5O2. The van der Waals surface area contributed by atoms with Crippen LogP contribution < -0.4 is 4.90 Å². The van der Waals surface area contributed by atoms with Crippen molar-refractivity contribution in [3.05, 3.63) is 15.8 Å². The van der Waals surface area contributed by atoms with E-state index < -0.39 is 0 Å². The van der Waals surface area contributed by atoms with Gasteiger partial charge in [0.2, 0.25) is 5.82 Å². The summed E-state index contributed by atoms with van der Waals surface area (Å²) in [4.78, 5) is 15.2. The van der Waals surface area contributed by atoms with Crippen LogP contribution in [0.5, 0.6) is 0 Å². The standard InChI is InChI=1S/C13H23N5O2/c1-10-12(18(19)20)13(17(4)14-10)16(3)9-11-6-5-7-15(2)8-11/h11H,5-9H2,1-4H3. The Balaban J connectivity index is 2.16. The lowest BCUT2D eigenvalue weighted by molar-refractivity contribution is -0.384. The highest BCUT2D eigenvalue weighted by molar-refractivity contribution is 5.60. The van der Waals surface area contributed by atoms with Gasteiger partial charge in [0.25, 0.3) is 0 Å². The topological polar surface area (TPSA) is 67.4 Å². The molecule has 1 aromatic heterocycles. The van der Waals surface area contributed by atoms with E-state index in [2.05, 4.69) is 17.0 Å². The van der Waals surface area contributed by atoms with Crippen molar-refractivity contribution in [2.75, 3.05) is 38.6 Å². The molecule has 112 valence electrons. The summed E-state index contributed by atoms with van der Waals surface area (Å²) in [5.41, 5.74) is 0.597. The van der Waals surface area contributed by atoms with E-state index in [4.69, 9.17) is 0 Å². The second kappa shape index (κ2) is 5.78. The van der Waals surface area contributed by atoms with Gasteiger partial charge < -0.3 is 9.80 Å². The summed E-state index contributed by atoms with van der Waals surface area (Å²) < 4.78 is 1.61. The number of nitro groups is 1. The lowest BCUT2D eigenvalue weighted by Crippen LogP contribution is -2.38. The summed E-state index contributed by atoms with van der Waals surface area (Å²) in [6, 6.07) is 0. The zero-order chi connectivity index (χ0) is 14.9. The summed E-state index contributed by atoms with van der Waals surface area (Å²) in [6.07, 6.45) is 2.38. The van der Waals surface area contributed by atoms with Crippen LogP contribution in [0, 0.1) is 23.0 Å². The van der Waals surface area contributed by atoms with Crippen LogP contribution in [0.2, 0.25) is 0 Å². The second-order valence-electron chi connectivity index (χ2n) is 5.79. The van der Waals surface area contributed by atoms with Gasteiger partial charge in [0.15, 0.2) is 0 Å². The van der Waals surface area contributed by atoms with Gasteiger partial charge in [0.05, 0.1) is 4.92 Å². The number of piperidine rings is 1. The van der Waals surface area contributed by atoms with Gasteiger partial charge >= 0.3 is 5.69 Å². The zero-order valence-corrected chi connectivity index (χ0v) is 12.7. The van der Waals surface area contributed by atoms with E-state index in [-0.39, 0.29) is 10.6 Å². The van der Waals surface area contributed by atoms with Gasteiger partial charge in [-0.15, -0.1) is 0 Å². The SMILES string of the molecule is Cc1nn(C)c(N(C)CC2CCCN(C)C2)c1[N+](=O)[O-]. The minimum Gasteiger partial charge on any atom is -0.354 e. The first-order valence-electron chi connectivity index (χ1n) is 6.97. The summed E-state index contributed by atoms with van der Waals surface area (Å²) >= 11 is 0. The number of aryl methyl sites for hydroxylation is 2. The first-order chi connectivity index (χ1) is 9.40. The van der Waals surface area contributed by atoms with Gasteiger partial charge in [-0.25, -0.2) is 4.68 Å². The van der Waals surface area contributed by atoms with Crippen molar-refractivity contribution in [2.24, 2.45) is 13.0 Å². The average Bonchev–Trinajstić information content (AvgIpc) is 2.64. The highest BCUT2D eigenvalue weighted by atomic mass is 16.6. The molecule has 0 bridgehead atoms. The van der Waals surface area contributed by atoms with E-state index >= 15 is 0 Å². The molecule has 0 saturated carbocycles. The largest absolute Gasteiger partial charge is 0.354 e. The number of nitrogens with zero attached hydrogens (tertiary/aromatic N) is 5. The third-order valence-electron chi connectivity index (χ3n) is 3.96. The van der Waals surface area contributed by atoms with Gasteiger partial charge in [-0.3, -0.25) is 10.1 Å². The third kappa shape index (κ3) is 2.92. The summed E-state index contributed by atoms with van der Waals surface area (Å²) in [5.74, 6) is 1.15. The Hall–Kier alpha value is -1.63.